The minimum Gasteiger partial charge on any atom is -0.497 e. The summed E-state index contributed by atoms with van der Waals surface area (Å²) in [6.45, 7) is 2.21. The van der Waals surface area contributed by atoms with Crippen LogP contribution < -0.4 is 4.74 Å². The van der Waals surface area contributed by atoms with Crippen molar-refractivity contribution in [3.05, 3.63) is 65.2 Å². The van der Waals surface area contributed by atoms with Crippen LogP contribution in [0.15, 0.2) is 54.6 Å². The Kier molecular flexibility index (Phi) is 4.35. The van der Waals surface area contributed by atoms with Crippen LogP contribution in [0.2, 0.25) is 5.02 Å². The van der Waals surface area contributed by atoms with Gasteiger partial charge >= 0.3 is 0 Å². The zero-order valence-corrected chi connectivity index (χ0v) is 13.7. The lowest BCUT2D eigenvalue weighted by atomic mass is 9.91. The quantitative estimate of drug-likeness (QED) is 0.564. The molecule has 3 rings (SSSR count). The standard InChI is InChI=1S/C20H19ClO/c1-3-4-15-6-5-14-7-10-17(21)13-19(14)20(15)16-8-11-18(22-2)12-9-16/h5-13H,3-4H2,1-2H3. The largest absolute Gasteiger partial charge is 0.497 e. The molecule has 2 heteroatoms. The zero-order valence-electron chi connectivity index (χ0n) is 12.9. The second-order valence-electron chi connectivity index (χ2n) is 5.44. The maximum atomic E-state index is 6.24. The van der Waals surface area contributed by atoms with Crippen LogP contribution in [-0.2, 0) is 6.42 Å². The molecule has 3 aromatic rings. The van der Waals surface area contributed by atoms with Crippen LogP contribution in [0.5, 0.6) is 5.75 Å². The first kappa shape index (κ1) is 14.9. The molecule has 0 aromatic heterocycles. The van der Waals surface area contributed by atoms with Gasteiger partial charge in [0.2, 0.25) is 0 Å². The summed E-state index contributed by atoms with van der Waals surface area (Å²) < 4.78 is 5.27. The second kappa shape index (κ2) is 6.41. The number of benzene rings is 3. The molecule has 0 bridgehead atoms. The number of rotatable bonds is 4. The third-order valence-electron chi connectivity index (χ3n) is 3.97. The molecule has 0 aliphatic rings. The Morgan fingerprint density at radius 2 is 1.68 bits per heavy atom. The highest BCUT2D eigenvalue weighted by molar-refractivity contribution is 6.31. The highest BCUT2D eigenvalue weighted by Crippen LogP contribution is 2.35. The van der Waals surface area contributed by atoms with Gasteiger partial charge in [-0.3, -0.25) is 0 Å². The second-order valence-corrected chi connectivity index (χ2v) is 5.88. The summed E-state index contributed by atoms with van der Waals surface area (Å²) in [6, 6.07) is 18.8. The molecule has 0 heterocycles. The van der Waals surface area contributed by atoms with Crippen LogP contribution in [0.4, 0.5) is 0 Å². The normalized spacial score (nSPS) is 10.9. The Labute approximate surface area is 136 Å². The Balaban J connectivity index is 2.26. The number of hydrogen-bond donors (Lipinski definition) is 0. The molecule has 0 atom stereocenters. The molecule has 1 nitrogen and oxygen atoms in total. The van der Waals surface area contributed by atoms with Crippen LogP contribution in [0.3, 0.4) is 0 Å². The molecule has 0 radical (unpaired) electrons. The first-order chi connectivity index (χ1) is 10.7. The first-order valence-corrected chi connectivity index (χ1v) is 7.96. The molecule has 0 amide bonds. The van der Waals surface area contributed by atoms with Gasteiger partial charge in [-0.15, -0.1) is 0 Å². The fourth-order valence-electron chi connectivity index (χ4n) is 2.91. The van der Waals surface area contributed by atoms with E-state index in [4.69, 9.17) is 16.3 Å². The van der Waals surface area contributed by atoms with E-state index in [-0.39, 0.29) is 0 Å². The zero-order chi connectivity index (χ0) is 15.5. The molecular weight excluding hydrogens is 292 g/mol. The Morgan fingerprint density at radius 3 is 2.36 bits per heavy atom. The highest BCUT2D eigenvalue weighted by Gasteiger charge is 2.10. The lowest BCUT2D eigenvalue weighted by Gasteiger charge is -2.14. The number of halogens is 1. The average Bonchev–Trinajstić information content (AvgIpc) is 2.55. The number of hydrogen-bond acceptors (Lipinski definition) is 1. The summed E-state index contributed by atoms with van der Waals surface area (Å²) in [4.78, 5) is 0. The van der Waals surface area contributed by atoms with Crippen molar-refractivity contribution < 1.29 is 4.74 Å². The predicted octanol–water partition coefficient (Wildman–Crippen LogP) is 6.12. The molecule has 0 unspecified atom stereocenters. The van der Waals surface area contributed by atoms with Gasteiger partial charge in [-0.2, -0.15) is 0 Å². The van der Waals surface area contributed by atoms with Crippen LogP contribution >= 0.6 is 11.6 Å². The smallest absolute Gasteiger partial charge is 0.118 e. The SMILES string of the molecule is CCCc1ccc2ccc(Cl)cc2c1-c1ccc(OC)cc1. The Bertz CT molecular complexity index is 791. The van der Waals surface area contributed by atoms with Gasteiger partial charge in [0.15, 0.2) is 0 Å². The van der Waals surface area contributed by atoms with Crippen molar-refractivity contribution in [3.63, 3.8) is 0 Å². The minimum absolute atomic E-state index is 0.774. The molecule has 22 heavy (non-hydrogen) atoms. The highest BCUT2D eigenvalue weighted by atomic mass is 35.5. The molecule has 0 spiro atoms. The van der Waals surface area contributed by atoms with E-state index >= 15 is 0 Å². The van der Waals surface area contributed by atoms with Gasteiger partial charge in [0.25, 0.3) is 0 Å². The summed E-state index contributed by atoms with van der Waals surface area (Å²) in [5.41, 5.74) is 3.85. The van der Waals surface area contributed by atoms with Crippen molar-refractivity contribution in [2.45, 2.75) is 19.8 Å². The van der Waals surface area contributed by atoms with Gasteiger partial charge in [0.05, 0.1) is 7.11 Å². The molecule has 0 aliphatic carbocycles. The van der Waals surface area contributed by atoms with Crippen LogP contribution in [0, 0.1) is 0 Å². The van der Waals surface area contributed by atoms with E-state index in [0.29, 0.717) is 0 Å². The van der Waals surface area contributed by atoms with Crippen LogP contribution in [0.25, 0.3) is 21.9 Å². The third-order valence-corrected chi connectivity index (χ3v) is 4.20. The van der Waals surface area contributed by atoms with E-state index in [1.165, 1.54) is 27.5 Å². The van der Waals surface area contributed by atoms with Crippen molar-refractivity contribution in [2.75, 3.05) is 7.11 Å². The van der Waals surface area contributed by atoms with Gasteiger partial charge in [-0.1, -0.05) is 55.3 Å². The third kappa shape index (κ3) is 2.82. The van der Waals surface area contributed by atoms with Crippen molar-refractivity contribution in [1.29, 1.82) is 0 Å². The average molecular weight is 311 g/mol. The Hall–Kier alpha value is -1.99. The fraction of sp³-hybridized carbons (Fsp3) is 0.200. The molecule has 3 aromatic carbocycles. The van der Waals surface area contributed by atoms with Crippen molar-refractivity contribution in [1.82, 2.24) is 0 Å². The van der Waals surface area contributed by atoms with Crippen LogP contribution in [-0.4, -0.2) is 7.11 Å². The van der Waals surface area contributed by atoms with Gasteiger partial charge in [0, 0.05) is 5.02 Å². The molecule has 0 saturated carbocycles. The van der Waals surface area contributed by atoms with Gasteiger partial charge in [0.1, 0.15) is 5.75 Å². The van der Waals surface area contributed by atoms with E-state index in [1.54, 1.807) is 7.11 Å². The predicted molar refractivity (Wildman–Crippen MR) is 94.9 cm³/mol. The van der Waals surface area contributed by atoms with Crippen molar-refractivity contribution >= 4 is 22.4 Å². The van der Waals surface area contributed by atoms with Gasteiger partial charge in [-0.05, 0) is 58.1 Å². The molecule has 0 saturated heterocycles. The fourth-order valence-corrected chi connectivity index (χ4v) is 3.09. The number of aryl methyl sites for hydroxylation is 1. The molecule has 112 valence electrons. The van der Waals surface area contributed by atoms with E-state index in [2.05, 4.69) is 43.3 Å². The molecule has 0 N–H and O–H groups in total. The van der Waals surface area contributed by atoms with E-state index < -0.39 is 0 Å². The van der Waals surface area contributed by atoms with Gasteiger partial charge in [-0.25, -0.2) is 0 Å². The maximum absolute atomic E-state index is 6.24. The van der Waals surface area contributed by atoms with Crippen molar-refractivity contribution in [2.24, 2.45) is 0 Å². The maximum Gasteiger partial charge on any atom is 0.118 e. The van der Waals surface area contributed by atoms with Crippen LogP contribution in [0.1, 0.15) is 18.9 Å². The van der Waals surface area contributed by atoms with E-state index in [1.807, 2.05) is 18.2 Å². The lowest BCUT2D eigenvalue weighted by Crippen LogP contribution is -1.92. The summed E-state index contributed by atoms with van der Waals surface area (Å²) in [5, 5.41) is 3.20. The van der Waals surface area contributed by atoms with Gasteiger partial charge < -0.3 is 4.74 Å². The van der Waals surface area contributed by atoms with Crippen molar-refractivity contribution in [3.8, 4) is 16.9 Å². The summed E-state index contributed by atoms with van der Waals surface area (Å²) in [7, 11) is 1.69. The lowest BCUT2D eigenvalue weighted by molar-refractivity contribution is 0.415. The molecular formula is C20H19ClO. The summed E-state index contributed by atoms with van der Waals surface area (Å²) in [5.74, 6) is 0.874. The minimum atomic E-state index is 0.774. The molecule has 0 fully saturated rings. The summed E-state index contributed by atoms with van der Waals surface area (Å²) in [6.07, 6.45) is 2.18. The molecule has 0 aliphatic heterocycles. The first-order valence-electron chi connectivity index (χ1n) is 7.58. The van der Waals surface area contributed by atoms with E-state index in [0.717, 1.165) is 23.6 Å². The van der Waals surface area contributed by atoms with E-state index in [9.17, 15) is 0 Å². The number of ether oxygens (including phenoxy) is 1. The topological polar surface area (TPSA) is 9.23 Å². The monoisotopic (exact) mass is 310 g/mol. The Morgan fingerprint density at radius 1 is 0.955 bits per heavy atom. The number of methoxy groups -OCH3 is 1. The number of fused-ring (bicyclic) bond motifs is 1. The summed E-state index contributed by atoms with van der Waals surface area (Å²) >= 11 is 6.24.